The molecule has 2 rings (SSSR count). The Hall–Kier alpha value is -0.870. The number of hydrogen-bond donors (Lipinski definition) is 1. The molecule has 0 saturated carbocycles. The predicted molar refractivity (Wildman–Crippen MR) is 81.6 cm³/mol. The lowest BCUT2D eigenvalue weighted by molar-refractivity contribution is 0.0471. The molecule has 1 N–H and O–H groups in total. The van der Waals surface area contributed by atoms with Gasteiger partial charge in [0.2, 0.25) is 0 Å². The Morgan fingerprint density at radius 1 is 1.30 bits per heavy atom. The summed E-state index contributed by atoms with van der Waals surface area (Å²) in [6, 6.07) is 2.48. The first-order valence-corrected chi connectivity index (χ1v) is 8.00. The van der Waals surface area contributed by atoms with Crippen LogP contribution in [0.5, 0.6) is 0 Å². The number of hydrogen-bond acceptors (Lipinski definition) is 3. The van der Waals surface area contributed by atoms with Crippen molar-refractivity contribution in [1.82, 2.24) is 15.1 Å². The Labute approximate surface area is 122 Å². The van der Waals surface area contributed by atoms with Crippen molar-refractivity contribution in [2.45, 2.75) is 65.8 Å². The lowest BCUT2D eigenvalue weighted by Gasteiger charge is -2.30. The highest BCUT2D eigenvalue weighted by atomic mass is 16.5. The lowest BCUT2D eigenvalue weighted by atomic mass is 9.82. The summed E-state index contributed by atoms with van der Waals surface area (Å²) in [5.41, 5.74) is 1.29. The minimum Gasteiger partial charge on any atom is -0.375 e. The van der Waals surface area contributed by atoms with E-state index in [1.807, 2.05) is 6.20 Å². The molecule has 5 atom stereocenters. The van der Waals surface area contributed by atoms with E-state index in [-0.39, 0.29) is 6.10 Å². The Morgan fingerprint density at radius 3 is 2.60 bits per heavy atom. The van der Waals surface area contributed by atoms with Crippen LogP contribution in [-0.4, -0.2) is 28.5 Å². The highest BCUT2D eigenvalue weighted by Crippen LogP contribution is 2.40. The maximum absolute atomic E-state index is 6.05. The summed E-state index contributed by atoms with van der Waals surface area (Å²) < 4.78 is 8.16. The average molecular weight is 279 g/mol. The number of nitrogens with one attached hydrogen (secondary N) is 1. The van der Waals surface area contributed by atoms with Crippen LogP contribution in [0.15, 0.2) is 12.3 Å². The fraction of sp³-hybridized carbons (Fsp3) is 0.812. The van der Waals surface area contributed by atoms with Gasteiger partial charge in [-0.2, -0.15) is 5.10 Å². The number of nitrogens with zero attached hydrogens (tertiary/aromatic N) is 2. The van der Waals surface area contributed by atoms with Crippen LogP contribution in [0.4, 0.5) is 0 Å². The lowest BCUT2D eigenvalue weighted by Crippen LogP contribution is -2.36. The SMILES string of the molecule is CCCNC(c1ccnn1CC)C1C(C)OC(C)C1C. The Morgan fingerprint density at radius 2 is 2.05 bits per heavy atom. The Balaban J connectivity index is 2.28. The van der Waals surface area contributed by atoms with Crippen molar-refractivity contribution in [3.63, 3.8) is 0 Å². The maximum Gasteiger partial charge on any atom is 0.0601 e. The second-order valence-corrected chi connectivity index (χ2v) is 5.99. The summed E-state index contributed by atoms with van der Waals surface area (Å²) in [5.74, 6) is 1.05. The van der Waals surface area contributed by atoms with Gasteiger partial charge in [-0.25, -0.2) is 0 Å². The minimum atomic E-state index is 0.287. The standard InChI is InChI=1S/C16H29N3O/c1-6-9-17-16(14-8-10-18-19(14)7-2)15-11(3)12(4)20-13(15)5/h8,10-13,15-17H,6-7,9H2,1-5H3. The predicted octanol–water partition coefficient (Wildman–Crippen LogP) is 3.00. The Bertz CT molecular complexity index is 418. The van der Waals surface area contributed by atoms with E-state index >= 15 is 0 Å². The summed E-state index contributed by atoms with van der Waals surface area (Å²) in [5, 5.41) is 8.17. The molecule has 5 unspecified atom stereocenters. The summed E-state index contributed by atoms with van der Waals surface area (Å²) in [6.45, 7) is 13.0. The quantitative estimate of drug-likeness (QED) is 0.870. The van der Waals surface area contributed by atoms with E-state index in [0.717, 1.165) is 19.5 Å². The number of aromatic nitrogens is 2. The van der Waals surface area contributed by atoms with Crippen LogP contribution in [0, 0.1) is 11.8 Å². The van der Waals surface area contributed by atoms with E-state index in [9.17, 15) is 0 Å². The van der Waals surface area contributed by atoms with E-state index in [1.165, 1.54) is 5.69 Å². The fourth-order valence-corrected chi connectivity index (χ4v) is 3.48. The van der Waals surface area contributed by atoms with E-state index in [2.05, 4.69) is 55.8 Å². The molecule has 0 bridgehead atoms. The molecule has 0 spiro atoms. The fourth-order valence-electron chi connectivity index (χ4n) is 3.48. The molecular weight excluding hydrogens is 250 g/mol. The zero-order valence-electron chi connectivity index (χ0n) is 13.5. The zero-order valence-corrected chi connectivity index (χ0v) is 13.5. The molecular formula is C16H29N3O. The van der Waals surface area contributed by atoms with Gasteiger partial charge in [0.1, 0.15) is 0 Å². The van der Waals surface area contributed by atoms with Crippen LogP contribution in [0.2, 0.25) is 0 Å². The van der Waals surface area contributed by atoms with Crippen LogP contribution < -0.4 is 5.32 Å². The topological polar surface area (TPSA) is 39.1 Å². The Kier molecular flexibility index (Phi) is 5.22. The monoisotopic (exact) mass is 279 g/mol. The van der Waals surface area contributed by atoms with Gasteiger partial charge in [0.05, 0.1) is 23.9 Å². The molecule has 0 aromatic carbocycles. The van der Waals surface area contributed by atoms with E-state index in [4.69, 9.17) is 4.74 Å². The second kappa shape index (κ2) is 6.72. The van der Waals surface area contributed by atoms with Crippen molar-refractivity contribution in [3.05, 3.63) is 18.0 Å². The molecule has 114 valence electrons. The highest BCUT2D eigenvalue weighted by molar-refractivity contribution is 5.11. The zero-order chi connectivity index (χ0) is 14.7. The molecule has 1 aliphatic rings. The molecule has 1 aromatic heterocycles. The third kappa shape index (κ3) is 2.91. The van der Waals surface area contributed by atoms with Crippen molar-refractivity contribution in [1.29, 1.82) is 0 Å². The van der Waals surface area contributed by atoms with Crippen molar-refractivity contribution in [3.8, 4) is 0 Å². The van der Waals surface area contributed by atoms with Gasteiger partial charge in [-0.3, -0.25) is 4.68 Å². The summed E-state index contributed by atoms with van der Waals surface area (Å²) in [4.78, 5) is 0. The largest absolute Gasteiger partial charge is 0.375 e. The van der Waals surface area contributed by atoms with Crippen molar-refractivity contribution < 1.29 is 4.74 Å². The highest BCUT2D eigenvalue weighted by Gasteiger charge is 2.42. The summed E-state index contributed by atoms with van der Waals surface area (Å²) >= 11 is 0. The van der Waals surface area contributed by atoms with Crippen LogP contribution in [-0.2, 0) is 11.3 Å². The van der Waals surface area contributed by atoms with Gasteiger partial charge < -0.3 is 10.1 Å². The molecule has 4 heteroatoms. The van der Waals surface area contributed by atoms with E-state index in [0.29, 0.717) is 24.0 Å². The molecule has 1 saturated heterocycles. The van der Waals surface area contributed by atoms with Crippen molar-refractivity contribution in [2.75, 3.05) is 6.54 Å². The summed E-state index contributed by atoms with van der Waals surface area (Å²) in [7, 11) is 0. The second-order valence-electron chi connectivity index (χ2n) is 5.99. The number of aryl methyl sites for hydroxylation is 1. The minimum absolute atomic E-state index is 0.287. The van der Waals surface area contributed by atoms with Crippen LogP contribution in [0.3, 0.4) is 0 Å². The first-order valence-electron chi connectivity index (χ1n) is 8.00. The van der Waals surface area contributed by atoms with Gasteiger partial charge in [0.25, 0.3) is 0 Å². The van der Waals surface area contributed by atoms with Gasteiger partial charge in [0, 0.05) is 18.7 Å². The third-order valence-corrected chi connectivity index (χ3v) is 4.69. The molecule has 1 fully saturated rings. The van der Waals surface area contributed by atoms with Crippen LogP contribution in [0.1, 0.15) is 52.8 Å². The van der Waals surface area contributed by atoms with Crippen LogP contribution in [0.25, 0.3) is 0 Å². The van der Waals surface area contributed by atoms with Crippen molar-refractivity contribution in [2.24, 2.45) is 11.8 Å². The van der Waals surface area contributed by atoms with Crippen LogP contribution >= 0.6 is 0 Å². The van der Waals surface area contributed by atoms with Gasteiger partial charge in [-0.1, -0.05) is 13.8 Å². The van der Waals surface area contributed by atoms with Gasteiger partial charge in [-0.05, 0) is 45.7 Å². The smallest absolute Gasteiger partial charge is 0.0601 e. The molecule has 0 amide bonds. The van der Waals surface area contributed by atoms with E-state index in [1.54, 1.807) is 0 Å². The third-order valence-electron chi connectivity index (χ3n) is 4.69. The summed E-state index contributed by atoms with van der Waals surface area (Å²) in [6.07, 6.45) is 3.67. The van der Waals surface area contributed by atoms with E-state index < -0.39 is 0 Å². The normalized spacial score (nSPS) is 31.6. The average Bonchev–Trinajstić information content (AvgIpc) is 2.99. The number of ether oxygens (including phenoxy) is 1. The molecule has 1 aromatic rings. The number of rotatable bonds is 6. The first kappa shape index (κ1) is 15.5. The van der Waals surface area contributed by atoms with Gasteiger partial charge in [0.15, 0.2) is 0 Å². The van der Waals surface area contributed by atoms with Gasteiger partial charge in [-0.15, -0.1) is 0 Å². The molecule has 2 heterocycles. The molecule has 4 nitrogen and oxygen atoms in total. The molecule has 0 radical (unpaired) electrons. The molecule has 20 heavy (non-hydrogen) atoms. The van der Waals surface area contributed by atoms with Gasteiger partial charge >= 0.3 is 0 Å². The molecule has 1 aliphatic heterocycles. The maximum atomic E-state index is 6.05. The first-order chi connectivity index (χ1) is 9.60. The molecule has 0 aliphatic carbocycles. The van der Waals surface area contributed by atoms with Crippen molar-refractivity contribution >= 4 is 0 Å².